The van der Waals surface area contributed by atoms with Gasteiger partial charge in [0.25, 0.3) is 0 Å². The summed E-state index contributed by atoms with van der Waals surface area (Å²) in [6, 6.07) is 0. The minimum Gasteiger partial charge on any atom is -0.414 e. The molecule has 0 spiro atoms. The van der Waals surface area contributed by atoms with E-state index < -0.39 is 11.3 Å². The summed E-state index contributed by atoms with van der Waals surface area (Å²) in [5.41, 5.74) is -0.614. The predicted molar refractivity (Wildman–Crippen MR) is 55.6 cm³/mol. The highest BCUT2D eigenvalue weighted by atomic mass is 16.5. The summed E-state index contributed by atoms with van der Waals surface area (Å²) >= 11 is 0. The van der Waals surface area contributed by atoms with Crippen molar-refractivity contribution in [3.05, 3.63) is 56.1 Å². The first kappa shape index (κ1) is 8.96. The van der Waals surface area contributed by atoms with Crippen molar-refractivity contribution in [2.75, 3.05) is 6.54 Å². The third-order valence-corrected chi connectivity index (χ3v) is 2.43. The van der Waals surface area contributed by atoms with Crippen LogP contribution in [0.25, 0.3) is 11.8 Å². The van der Waals surface area contributed by atoms with Crippen molar-refractivity contribution >= 4 is 11.8 Å². The highest BCUT2D eigenvalue weighted by Gasteiger charge is 2.15. The van der Waals surface area contributed by atoms with Gasteiger partial charge in [-0.15, -0.1) is 0 Å². The van der Waals surface area contributed by atoms with E-state index in [9.17, 15) is 9.59 Å². The molecule has 0 aliphatic carbocycles. The highest BCUT2D eigenvalue weighted by molar-refractivity contribution is 5.60. The smallest absolute Gasteiger partial charge is 0.414 e. The second-order valence-electron chi connectivity index (χ2n) is 3.41. The molecule has 3 heterocycles. The Hall–Kier alpha value is -2.30. The first-order chi connectivity index (χ1) is 7.75. The molecular formula is C11H7NO4. The fraction of sp³-hybridized carbons (Fsp3) is 0.0909. The topological polar surface area (TPSA) is 63.7 Å². The minimum atomic E-state index is -0.982. The highest BCUT2D eigenvalue weighted by Crippen LogP contribution is 2.12. The van der Waals surface area contributed by atoms with Gasteiger partial charge in [-0.2, -0.15) is 0 Å². The summed E-state index contributed by atoms with van der Waals surface area (Å²) in [6.45, 7) is 0.583. The molecule has 1 aromatic heterocycles. The maximum Gasteiger partial charge on any atom is 0.423 e. The number of hydrogen-bond donors (Lipinski definition) is 0. The zero-order chi connectivity index (χ0) is 11.1. The maximum absolute atomic E-state index is 11.1. The molecule has 5 heteroatoms. The molecule has 0 aromatic carbocycles. The lowest BCUT2D eigenvalue weighted by atomic mass is 10.2. The quantitative estimate of drug-likeness (QED) is 0.515. The van der Waals surface area contributed by atoms with Gasteiger partial charge in [0.1, 0.15) is 0 Å². The first-order valence-electron chi connectivity index (χ1n) is 4.76. The van der Waals surface area contributed by atoms with Gasteiger partial charge in [-0.3, -0.25) is 0 Å². The average molecular weight is 217 g/mol. The summed E-state index contributed by atoms with van der Waals surface area (Å²) in [7, 11) is 0. The number of rotatable bonds is 0. The minimum absolute atomic E-state index is 0.302. The third-order valence-electron chi connectivity index (χ3n) is 2.43. The second kappa shape index (κ2) is 3.10. The molecular weight excluding hydrogens is 210 g/mol. The van der Waals surface area contributed by atoms with Crippen molar-refractivity contribution in [3.8, 4) is 0 Å². The standard InChI is InChI=1S/C11H7NO4/c13-10-11(14)16-9-7-3-1-2-5-12(7)6-4-8(9)15-10/h1-5H,6H2. The Kier molecular flexibility index (Phi) is 1.73. The Labute approximate surface area is 88.9 Å². The predicted octanol–water partition coefficient (Wildman–Crippen LogP) is -1.12. The van der Waals surface area contributed by atoms with E-state index >= 15 is 0 Å². The van der Waals surface area contributed by atoms with Crippen molar-refractivity contribution in [2.24, 2.45) is 0 Å². The van der Waals surface area contributed by atoms with Gasteiger partial charge in [0, 0.05) is 12.7 Å². The molecule has 0 saturated carbocycles. The van der Waals surface area contributed by atoms with Crippen molar-refractivity contribution < 1.29 is 8.83 Å². The molecule has 1 aromatic rings. The fourth-order valence-corrected chi connectivity index (χ4v) is 1.71. The Morgan fingerprint density at radius 1 is 1.12 bits per heavy atom. The molecule has 5 nitrogen and oxygen atoms in total. The van der Waals surface area contributed by atoms with Crippen LogP contribution in [0.15, 0.2) is 42.9 Å². The largest absolute Gasteiger partial charge is 0.423 e. The average Bonchev–Trinajstić information content (AvgIpc) is 2.31. The van der Waals surface area contributed by atoms with Gasteiger partial charge in [0.2, 0.25) is 0 Å². The Balaban J connectivity index is 2.49. The van der Waals surface area contributed by atoms with Crippen molar-refractivity contribution in [3.63, 3.8) is 0 Å². The Bertz CT molecular complexity index is 732. The van der Waals surface area contributed by atoms with Crippen molar-refractivity contribution in [2.45, 2.75) is 0 Å². The zero-order valence-electron chi connectivity index (χ0n) is 8.17. The fourth-order valence-electron chi connectivity index (χ4n) is 1.71. The van der Waals surface area contributed by atoms with E-state index in [4.69, 9.17) is 8.83 Å². The van der Waals surface area contributed by atoms with Gasteiger partial charge < -0.3 is 13.7 Å². The van der Waals surface area contributed by atoms with Crippen LogP contribution in [0.4, 0.5) is 0 Å². The summed E-state index contributed by atoms with van der Waals surface area (Å²) < 4.78 is 9.80. The van der Waals surface area contributed by atoms with Crippen LogP contribution in [-0.2, 0) is 0 Å². The van der Waals surface area contributed by atoms with Crippen LogP contribution in [-0.4, -0.2) is 11.4 Å². The molecule has 0 radical (unpaired) electrons. The molecule has 2 aliphatic rings. The molecule has 0 fully saturated rings. The van der Waals surface area contributed by atoms with Crippen LogP contribution in [0, 0.1) is 0 Å². The lowest BCUT2D eigenvalue weighted by Crippen LogP contribution is -2.44. The van der Waals surface area contributed by atoms with Crippen LogP contribution in [0.2, 0.25) is 0 Å². The molecule has 0 amide bonds. The molecule has 0 atom stereocenters. The second-order valence-corrected chi connectivity index (χ2v) is 3.41. The molecule has 0 unspecified atom stereocenters. The molecule has 16 heavy (non-hydrogen) atoms. The van der Waals surface area contributed by atoms with E-state index in [0.29, 0.717) is 17.4 Å². The molecule has 0 bridgehead atoms. The Morgan fingerprint density at radius 3 is 2.81 bits per heavy atom. The van der Waals surface area contributed by atoms with E-state index in [1.807, 2.05) is 23.3 Å². The number of nitrogens with zero attached hydrogens (tertiary/aromatic N) is 1. The lowest BCUT2D eigenvalue weighted by molar-refractivity contribution is 0.333. The normalized spacial score (nSPS) is 16.8. The van der Waals surface area contributed by atoms with E-state index in [1.54, 1.807) is 12.2 Å². The first-order valence-corrected chi connectivity index (χ1v) is 4.76. The molecule has 3 rings (SSSR count). The number of fused-ring (bicyclic) bond motifs is 2. The van der Waals surface area contributed by atoms with E-state index in [0.717, 1.165) is 5.70 Å². The van der Waals surface area contributed by atoms with Gasteiger partial charge in [0.05, 0.1) is 5.70 Å². The molecule has 2 aliphatic heterocycles. The molecule has 80 valence electrons. The van der Waals surface area contributed by atoms with Crippen LogP contribution in [0.5, 0.6) is 0 Å². The zero-order valence-corrected chi connectivity index (χ0v) is 8.17. The van der Waals surface area contributed by atoms with Crippen LogP contribution in [0.1, 0.15) is 0 Å². The summed E-state index contributed by atoms with van der Waals surface area (Å²) in [5.74, 6) is 0. The summed E-state index contributed by atoms with van der Waals surface area (Å²) in [6.07, 6.45) is 9.06. The maximum atomic E-state index is 11.1. The van der Waals surface area contributed by atoms with Crippen LogP contribution < -0.4 is 22.1 Å². The van der Waals surface area contributed by atoms with Gasteiger partial charge in [-0.05, 0) is 18.2 Å². The summed E-state index contributed by atoms with van der Waals surface area (Å²) in [5, 5.41) is 0. The van der Waals surface area contributed by atoms with Gasteiger partial charge in [0.15, 0.2) is 10.8 Å². The van der Waals surface area contributed by atoms with E-state index in [-0.39, 0.29) is 0 Å². The van der Waals surface area contributed by atoms with E-state index in [1.165, 1.54) is 0 Å². The van der Waals surface area contributed by atoms with Crippen molar-refractivity contribution in [1.29, 1.82) is 0 Å². The number of allylic oxidation sites excluding steroid dienone is 2. The molecule has 0 saturated heterocycles. The van der Waals surface area contributed by atoms with Crippen molar-refractivity contribution in [1.82, 2.24) is 4.90 Å². The monoisotopic (exact) mass is 217 g/mol. The number of hydrogen-bond acceptors (Lipinski definition) is 5. The van der Waals surface area contributed by atoms with Crippen LogP contribution in [0.3, 0.4) is 0 Å². The molecule has 0 N–H and O–H groups in total. The SMILES string of the molecule is O=c1oc2c(oc1=O)=C1C=CC=CN1CC=2. The third kappa shape index (κ3) is 1.18. The van der Waals surface area contributed by atoms with Gasteiger partial charge in [-0.1, -0.05) is 6.08 Å². The van der Waals surface area contributed by atoms with Gasteiger partial charge >= 0.3 is 11.3 Å². The lowest BCUT2D eigenvalue weighted by Gasteiger charge is -2.23. The van der Waals surface area contributed by atoms with E-state index in [2.05, 4.69) is 0 Å². The van der Waals surface area contributed by atoms with Crippen LogP contribution >= 0.6 is 0 Å². The van der Waals surface area contributed by atoms with Gasteiger partial charge in [-0.25, -0.2) is 9.59 Å². The Morgan fingerprint density at radius 2 is 1.94 bits per heavy atom. The summed E-state index contributed by atoms with van der Waals surface area (Å²) in [4.78, 5) is 24.0.